The van der Waals surface area contributed by atoms with E-state index in [1.165, 1.54) is 5.57 Å². The van der Waals surface area contributed by atoms with Crippen molar-refractivity contribution >= 4 is 5.84 Å². The molecular weight excluding hydrogens is 296 g/mol. The highest BCUT2D eigenvalue weighted by molar-refractivity contribution is 5.84. The smallest absolute Gasteiger partial charge is 0.145 e. The van der Waals surface area contributed by atoms with Crippen LogP contribution in [-0.2, 0) is 0 Å². The van der Waals surface area contributed by atoms with E-state index in [4.69, 9.17) is 4.74 Å². The van der Waals surface area contributed by atoms with Crippen molar-refractivity contribution in [2.24, 2.45) is 4.99 Å². The summed E-state index contributed by atoms with van der Waals surface area (Å²) in [6.07, 6.45) is 13.0. The van der Waals surface area contributed by atoms with Gasteiger partial charge in [-0.2, -0.15) is 0 Å². The van der Waals surface area contributed by atoms with Gasteiger partial charge in [0.25, 0.3) is 0 Å². The molecule has 1 N–H and O–H groups in total. The lowest BCUT2D eigenvalue weighted by molar-refractivity contribution is 0.370. The lowest BCUT2D eigenvalue weighted by Crippen LogP contribution is -2.38. The second kappa shape index (κ2) is 11.9. The highest BCUT2D eigenvalue weighted by Gasteiger charge is 2.12. The molecule has 0 aromatic heterocycles. The van der Waals surface area contributed by atoms with E-state index in [9.17, 15) is 0 Å². The molecule has 1 atom stereocenters. The fourth-order valence-electron chi connectivity index (χ4n) is 2.18. The maximum atomic E-state index is 5.79. The van der Waals surface area contributed by atoms with Crippen LogP contribution in [-0.4, -0.2) is 25.5 Å². The van der Waals surface area contributed by atoms with Crippen molar-refractivity contribution in [1.82, 2.24) is 5.32 Å². The summed E-state index contributed by atoms with van der Waals surface area (Å²) in [5, 5.41) is 3.49. The molecule has 0 aliphatic carbocycles. The van der Waals surface area contributed by atoms with Crippen LogP contribution in [0.15, 0.2) is 83.9 Å². The topological polar surface area (TPSA) is 33.6 Å². The van der Waals surface area contributed by atoms with Crippen LogP contribution in [0.1, 0.15) is 20.3 Å². The molecule has 0 spiro atoms. The van der Waals surface area contributed by atoms with Gasteiger partial charge >= 0.3 is 0 Å². The van der Waals surface area contributed by atoms with Crippen LogP contribution >= 0.6 is 0 Å². The van der Waals surface area contributed by atoms with Crippen molar-refractivity contribution in [1.29, 1.82) is 0 Å². The van der Waals surface area contributed by atoms with Crippen molar-refractivity contribution in [3.63, 3.8) is 0 Å². The first-order valence-corrected chi connectivity index (χ1v) is 8.21. The maximum Gasteiger partial charge on any atom is 0.145 e. The Hall–Kier alpha value is -2.55. The van der Waals surface area contributed by atoms with Crippen molar-refractivity contribution in [2.45, 2.75) is 26.3 Å². The molecule has 1 rings (SSSR count). The minimum absolute atomic E-state index is 0.139. The molecule has 1 aromatic carbocycles. The fraction of sp³-hybridized carbons (Fsp3) is 0.286. The van der Waals surface area contributed by atoms with Gasteiger partial charge in [-0.15, -0.1) is 0 Å². The number of ether oxygens (including phenoxy) is 1. The monoisotopic (exact) mass is 324 g/mol. The first-order valence-electron chi connectivity index (χ1n) is 8.21. The van der Waals surface area contributed by atoms with Crippen molar-refractivity contribution in [3.8, 4) is 5.75 Å². The van der Waals surface area contributed by atoms with E-state index in [0.29, 0.717) is 6.61 Å². The van der Waals surface area contributed by atoms with Crippen LogP contribution in [0, 0.1) is 0 Å². The molecule has 3 nitrogen and oxygen atoms in total. The van der Waals surface area contributed by atoms with Gasteiger partial charge in [0.1, 0.15) is 18.2 Å². The lowest BCUT2D eigenvalue weighted by atomic mass is 10.0. The van der Waals surface area contributed by atoms with E-state index in [-0.39, 0.29) is 6.04 Å². The van der Waals surface area contributed by atoms with Gasteiger partial charge in [-0.05, 0) is 38.0 Å². The average molecular weight is 324 g/mol. The third kappa shape index (κ3) is 7.14. The molecule has 0 radical (unpaired) electrons. The second-order valence-corrected chi connectivity index (χ2v) is 5.16. The number of para-hydroxylation sites is 1. The summed E-state index contributed by atoms with van der Waals surface area (Å²) in [5.41, 5.74) is 1.19. The molecule has 0 fully saturated rings. The summed E-state index contributed by atoms with van der Waals surface area (Å²) in [6, 6.07) is 9.90. The Balaban J connectivity index is 2.78. The summed E-state index contributed by atoms with van der Waals surface area (Å²) in [7, 11) is 1.78. The highest BCUT2D eigenvalue weighted by atomic mass is 16.5. The zero-order valence-electron chi connectivity index (χ0n) is 14.9. The molecule has 0 aliphatic heterocycles. The standard InChI is InChI=1S/C21H28N2O/c1-5-8-13-18(7-3)20(16-9-6-2)23-21(22-4)17-24-19-14-11-10-12-15-19/h5-15,20H,1,16-17H2,2-4H3,(H,22,23)/b9-6+,13-8-,18-7+/t20-/m0/s1. The van der Waals surface area contributed by atoms with Crippen molar-refractivity contribution < 1.29 is 4.74 Å². The highest BCUT2D eigenvalue weighted by Crippen LogP contribution is 2.11. The number of allylic oxidation sites excluding steroid dienone is 4. The Morgan fingerprint density at radius 3 is 2.62 bits per heavy atom. The Morgan fingerprint density at radius 2 is 2.04 bits per heavy atom. The number of rotatable bonds is 9. The SMILES string of the molecule is C=C/C=C\C(=C/C)[C@H](C/C=C/C)NC(COc1ccccc1)=NC. The third-order valence-corrected chi connectivity index (χ3v) is 3.50. The van der Waals surface area contributed by atoms with Crippen molar-refractivity contribution in [2.75, 3.05) is 13.7 Å². The minimum atomic E-state index is 0.139. The number of benzene rings is 1. The van der Waals surface area contributed by atoms with E-state index in [0.717, 1.165) is 18.0 Å². The maximum absolute atomic E-state index is 5.79. The molecule has 24 heavy (non-hydrogen) atoms. The molecule has 0 amide bonds. The number of aliphatic imine (C=N–C) groups is 1. The van der Waals surface area contributed by atoms with Gasteiger partial charge in [0.15, 0.2) is 0 Å². The van der Waals surface area contributed by atoms with Crippen LogP contribution in [0.3, 0.4) is 0 Å². The van der Waals surface area contributed by atoms with Crippen molar-refractivity contribution in [3.05, 3.63) is 78.9 Å². The molecule has 1 aromatic rings. The van der Waals surface area contributed by atoms with Gasteiger partial charge < -0.3 is 10.1 Å². The van der Waals surface area contributed by atoms with Crippen LogP contribution < -0.4 is 10.1 Å². The molecule has 0 bridgehead atoms. The molecule has 0 aliphatic rings. The largest absolute Gasteiger partial charge is 0.486 e. The summed E-state index contributed by atoms with van der Waals surface area (Å²) in [5.74, 6) is 1.66. The Labute approximate surface area is 146 Å². The number of nitrogens with one attached hydrogen (secondary N) is 1. The van der Waals surface area contributed by atoms with Crippen LogP contribution in [0.5, 0.6) is 5.75 Å². The van der Waals surface area contributed by atoms with Gasteiger partial charge in [0.05, 0.1) is 6.04 Å². The van der Waals surface area contributed by atoms with E-state index in [1.54, 1.807) is 13.1 Å². The predicted molar refractivity (Wildman–Crippen MR) is 105 cm³/mol. The van der Waals surface area contributed by atoms with E-state index in [1.807, 2.05) is 50.3 Å². The van der Waals surface area contributed by atoms with Gasteiger partial charge in [-0.25, -0.2) is 0 Å². The second-order valence-electron chi connectivity index (χ2n) is 5.16. The zero-order valence-corrected chi connectivity index (χ0v) is 14.9. The fourth-order valence-corrected chi connectivity index (χ4v) is 2.18. The quantitative estimate of drug-likeness (QED) is 0.309. The zero-order chi connectivity index (χ0) is 17.6. The summed E-state index contributed by atoms with van der Waals surface area (Å²) in [4.78, 5) is 4.33. The third-order valence-electron chi connectivity index (χ3n) is 3.50. The number of hydrogen-bond acceptors (Lipinski definition) is 2. The number of nitrogens with zero attached hydrogens (tertiary/aromatic N) is 1. The summed E-state index contributed by atoms with van der Waals surface area (Å²) < 4.78 is 5.79. The van der Waals surface area contributed by atoms with Crippen LogP contribution in [0.2, 0.25) is 0 Å². The predicted octanol–water partition coefficient (Wildman–Crippen LogP) is 4.71. The van der Waals surface area contributed by atoms with Crippen LogP contribution in [0.25, 0.3) is 0 Å². The Morgan fingerprint density at radius 1 is 1.29 bits per heavy atom. The van der Waals surface area contributed by atoms with E-state index >= 15 is 0 Å². The minimum Gasteiger partial charge on any atom is -0.486 e. The first kappa shape index (κ1) is 19.5. The first-order chi connectivity index (χ1) is 11.7. The van der Waals surface area contributed by atoms with Gasteiger partial charge in [-0.3, -0.25) is 4.99 Å². The summed E-state index contributed by atoms with van der Waals surface area (Å²) in [6.45, 7) is 8.21. The molecular formula is C21H28N2O. The molecule has 0 saturated carbocycles. The molecule has 128 valence electrons. The lowest BCUT2D eigenvalue weighted by Gasteiger charge is -2.21. The molecule has 0 unspecified atom stereocenters. The molecule has 3 heteroatoms. The van der Waals surface area contributed by atoms with Gasteiger partial charge in [0.2, 0.25) is 0 Å². The Bertz CT molecular complexity index is 598. The van der Waals surface area contributed by atoms with Gasteiger partial charge in [-0.1, -0.05) is 61.2 Å². The molecule has 0 heterocycles. The normalized spacial score (nSPS) is 14.1. The van der Waals surface area contributed by atoms with Crippen LogP contribution in [0.4, 0.5) is 0 Å². The number of hydrogen-bond donors (Lipinski definition) is 1. The van der Waals surface area contributed by atoms with E-state index in [2.05, 4.69) is 41.2 Å². The van der Waals surface area contributed by atoms with E-state index < -0.39 is 0 Å². The number of amidine groups is 1. The summed E-state index contributed by atoms with van der Waals surface area (Å²) >= 11 is 0. The molecule has 0 saturated heterocycles. The Kier molecular flexibility index (Phi) is 9.70. The van der Waals surface area contributed by atoms with Gasteiger partial charge in [0, 0.05) is 7.05 Å². The average Bonchev–Trinajstić information content (AvgIpc) is 2.63.